The molecular formula is C13H17NO2. The van der Waals surface area contributed by atoms with E-state index in [0.29, 0.717) is 0 Å². The molecule has 1 saturated carbocycles. The van der Waals surface area contributed by atoms with Gasteiger partial charge in [0.05, 0.1) is 0 Å². The maximum absolute atomic E-state index is 11.0. The third kappa shape index (κ3) is 2.60. The zero-order valence-corrected chi connectivity index (χ0v) is 9.34. The Bertz CT molecular complexity index is 350. The molecule has 2 unspecified atom stereocenters. The predicted molar refractivity (Wildman–Crippen MR) is 62.9 cm³/mol. The lowest BCUT2D eigenvalue weighted by Crippen LogP contribution is -2.33. The second-order valence-electron chi connectivity index (χ2n) is 4.59. The molecule has 0 aliphatic heterocycles. The Morgan fingerprint density at radius 3 is 2.56 bits per heavy atom. The average molecular weight is 219 g/mol. The first-order valence-corrected chi connectivity index (χ1v) is 5.95. The summed E-state index contributed by atoms with van der Waals surface area (Å²) in [5.41, 5.74) is 1.22. The summed E-state index contributed by atoms with van der Waals surface area (Å²) in [6.45, 7) is 0. The molecule has 16 heavy (non-hydrogen) atoms. The van der Waals surface area contributed by atoms with Gasteiger partial charge in [-0.1, -0.05) is 36.8 Å². The largest absolute Gasteiger partial charge is 0.264 e. The normalized spacial score (nSPS) is 25.2. The third-order valence-electron chi connectivity index (χ3n) is 3.48. The number of nitro groups is 1. The van der Waals surface area contributed by atoms with Crippen LogP contribution in [0.25, 0.3) is 0 Å². The molecule has 1 fully saturated rings. The summed E-state index contributed by atoms with van der Waals surface area (Å²) >= 11 is 0. The maximum Gasteiger partial charge on any atom is 0.216 e. The van der Waals surface area contributed by atoms with Crippen molar-refractivity contribution in [3.8, 4) is 0 Å². The molecule has 1 aliphatic rings. The maximum atomic E-state index is 11.0. The smallest absolute Gasteiger partial charge is 0.216 e. The fraction of sp³-hybridized carbons (Fsp3) is 0.538. The fourth-order valence-corrected chi connectivity index (χ4v) is 2.62. The summed E-state index contributed by atoms with van der Waals surface area (Å²) in [7, 11) is 0. The van der Waals surface area contributed by atoms with Crippen LogP contribution in [0.1, 0.15) is 31.2 Å². The molecule has 0 heterocycles. The predicted octanol–water partition coefficient (Wildman–Crippen LogP) is 3.06. The lowest BCUT2D eigenvalue weighted by molar-refractivity contribution is -0.535. The van der Waals surface area contributed by atoms with Crippen molar-refractivity contribution in [3.63, 3.8) is 0 Å². The Morgan fingerprint density at radius 2 is 1.88 bits per heavy atom. The molecule has 0 bridgehead atoms. The molecule has 1 aliphatic carbocycles. The zero-order chi connectivity index (χ0) is 11.4. The van der Waals surface area contributed by atoms with Crippen LogP contribution in [-0.4, -0.2) is 11.0 Å². The standard InChI is InChI=1S/C13H17NO2/c15-14(16)13-9-5-4-8-12(13)10-11-6-2-1-3-7-11/h1-3,6-7,12-13H,4-5,8-10H2. The van der Waals surface area contributed by atoms with Gasteiger partial charge in [0, 0.05) is 17.3 Å². The molecule has 0 radical (unpaired) electrons. The molecule has 0 N–H and O–H groups in total. The van der Waals surface area contributed by atoms with Crippen molar-refractivity contribution in [2.24, 2.45) is 5.92 Å². The number of nitrogens with zero attached hydrogens (tertiary/aromatic N) is 1. The van der Waals surface area contributed by atoms with Gasteiger partial charge in [-0.25, -0.2) is 0 Å². The van der Waals surface area contributed by atoms with Crippen molar-refractivity contribution < 1.29 is 4.92 Å². The number of rotatable bonds is 3. The van der Waals surface area contributed by atoms with Crippen molar-refractivity contribution in [2.75, 3.05) is 0 Å². The molecule has 1 aromatic carbocycles. The summed E-state index contributed by atoms with van der Waals surface area (Å²) in [6.07, 6.45) is 4.76. The molecule has 2 atom stereocenters. The van der Waals surface area contributed by atoms with Gasteiger partial charge in [0.1, 0.15) is 0 Å². The molecule has 0 spiro atoms. The van der Waals surface area contributed by atoms with Gasteiger partial charge in [0.15, 0.2) is 0 Å². The molecule has 3 heteroatoms. The highest BCUT2D eigenvalue weighted by Gasteiger charge is 2.33. The summed E-state index contributed by atoms with van der Waals surface area (Å²) in [4.78, 5) is 10.9. The van der Waals surface area contributed by atoms with E-state index in [0.717, 1.165) is 32.1 Å². The zero-order valence-electron chi connectivity index (χ0n) is 9.34. The molecular weight excluding hydrogens is 202 g/mol. The van der Waals surface area contributed by atoms with E-state index >= 15 is 0 Å². The van der Waals surface area contributed by atoms with Crippen LogP contribution >= 0.6 is 0 Å². The van der Waals surface area contributed by atoms with Gasteiger partial charge in [-0.2, -0.15) is 0 Å². The Kier molecular flexibility index (Phi) is 3.54. The van der Waals surface area contributed by atoms with Gasteiger partial charge in [-0.05, 0) is 24.8 Å². The van der Waals surface area contributed by atoms with Crippen molar-refractivity contribution >= 4 is 0 Å². The summed E-state index contributed by atoms with van der Waals surface area (Å²) in [6, 6.07) is 9.78. The minimum Gasteiger partial charge on any atom is -0.264 e. The van der Waals surface area contributed by atoms with Crippen LogP contribution in [0.2, 0.25) is 0 Å². The Labute approximate surface area is 95.6 Å². The monoisotopic (exact) mass is 219 g/mol. The van der Waals surface area contributed by atoms with Crippen LogP contribution < -0.4 is 0 Å². The second-order valence-corrected chi connectivity index (χ2v) is 4.59. The Hall–Kier alpha value is -1.38. The lowest BCUT2D eigenvalue weighted by Gasteiger charge is -2.25. The van der Waals surface area contributed by atoms with Gasteiger partial charge >= 0.3 is 0 Å². The fourth-order valence-electron chi connectivity index (χ4n) is 2.62. The number of hydrogen-bond donors (Lipinski definition) is 0. The number of hydrogen-bond acceptors (Lipinski definition) is 2. The van der Waals surface area contributed by atoms with E-state index in [1.54, 1.807) is 0 Å². The highest BCUT2D eigenvalue weighted by atomic mass is 16.6. The van der Waals surface area contributed by atoms with Crippen LogP contribution in [0.5, 0.6) is 0 Å². The van der Waals surface area contributed by atoms with E-state index in [9.17, 15) is 10.1 Å². The first-order chi connectivity index (χ1) is 7.77. The van der Waals surface area contributed by atoms with E-state index in [2.05, 4.69) is 12.1 Å². The summed E-state index contributed by atoms with van der Waals surface area (Å²) < 4.78 is 0. The highest BCUT2D eigenvalue weighted by Crippen LogP contribution is 2.29. The molecule has 0 aromatic heterocycles. The van der Waals surface area contributed by atoms with E-state index in [1.165, 1.54) is 5.56 Å². The highest BCUT2D eigenvalue weighted by molar-refractivity contribution is 5.15. The molecule has 1 aromatic rings. The van der Waals surface area contributed by atoms with Crippen LogP contribution in [0, 0.1) is 16.0 Å². The van der Waals surface area contributed by atoms with E-state index in [1.807, 2.05) is 18.2 Å². The summed E-state index contributed by atoms with van der Waals surface area (Å²) in [5, 5.41) is 11.0. The third-order valence-corrected chi connectivity index (χ3v) is 3.48. The average Bonchev–Trinajstić information content (AvgIpc) is 2.31. The van der Waals surface area contributed by atoms with Crippen molar-refractivity contribution in [2.45, 2.75) is 38.1 Å². The first kappa shape index (κ1) is 11.1. The van der Waals surface area contributed by atoms with E-state index < -0.39 is 0 Å². The van der Waals surface area contributed by atoms with Crippen LogP contribution in [0.3, 0.4) is 0 Å². The topological polar surface area (TPSA) is 43.1 Å². The minimum atomic E-state index is -0.325. The summed E-state index contributed by atoms with van der Waals surface area (Å²) in [5.74, 6) is 0.228. The van der Waals surface area contributed by atoms with E-state index in [4.69, 9.17) is 0 Å². The second kappa shape index (κ2) is 5.10. The lowest BCUT2D eigenvalue weighted by atomic mass is 9.81. The van der Waals surface area contributed by atoms with Crippen LogP contribution in [0.4, 0.5) is 0 Å². The van der Waals surface area contributed by atoms with Crippen LogP contribution in [-0.2, 0) is 6.42 Å². The molecule has 0 saturated heterocycles. The number of benzene rings is 1. The SMILES string of the molecule is O=[N+]([O-])C1CCCCC1Cc1ccccc1. The van der Waals surface area contributed by atoms with Crippen LogP contribution in [0.15, 0.2) is 30.3 Å². The minimum absolute atomic E-state index is 0.0766. The Balaban J connectivity index is 2.04. The molecule has 0 amide bonds. The van der Waals surface area contributed by atoms with Gasteiger partial charge < -0.3 is 0 Å². The van der Waals surface area contributed by atoms with Crippen molar-refractivity contribution in [1.29, 1.82) is 0 Å². The first-order valence-electron chi connectivity index (χ1n) is 5.95. The molecule has 3 nitrogen and oxygen atoms in total. The van der Waals surface area contributed by atoms with Crippen molar-refractivity contribution in [3.05, 3.63) is 46.0 Å². The quantitative estimate of drug-likeness (QED) is 0.579. The molecule has 86 valence electrons. The molecule has 2 rings (SSSR count). The van der Waals surface area contributed by atoms with Gasteiger partial charge in [-0.15, -0.1) is 0 Å². The van der Waals surface area contributed by atoms with Gasteiger partial charge in [-0.3, -0.25) is 10.1 Å². The van der Waals surface area contributed by atoms with Gasteiger partial charge in [0.25, 0.3) is 0 Å². The Morgan fingerprint density at radius 1 is 1.19 bits per heavy atom. The van der Waals surface area contributed by atoms with Crippen molar-refractivity contribution in [1.82, 2.24) is 0 Å². The van der Waals surface area contributed by atoms with Gasteiger partial charge in [0.2, 0.25) is 6.04 Å². The van der Waals surface area contributed by atoms with E-state index in [-0.39, 0.29) is 16.9 Å².